The molecule has 0 aliphatic rings. The molecule has 0 aliphatic carbocycles. The molecule has 20 heavy (non-hydrogen) atoms. The fourth-order valence-corrected chi connectivity index (χ4v) is 2.20. The number of phenols is 2. The van der Waals surface area contributed by atoms with Gasteiger partial charge in [0.2, 0.25) is 5.78 Å². The number of Topliss-reactive ketones (excluding diaryl/α,β-unsaturated/α-hetero) is 1. The number of unbranched alkanes of at least 4 members (excludes halogenated alkanes) is 3. The summed E-state index contributed by atoms with van der Waals surface area (Å²) in [7, 11) is 0. The van der Waals surface area contributed by atoms with Crippen molar-refractivity contribution in [1.82, 2.24) is 0 Å². The summed E-state index contributed by atoms with van der Waals surface area (Å²) in [5, 5.41) is 19.5. The van der Waals surface area contributed by atoms with Gasteiger partial charge in [0.1, 0.15) is 11.5 Å². The van der Waals surface area contributed by atoms with Crippen LogP contribution in [-0.2, 0) is 6.42 Å². The molecule has 0 radical (unpaired) electrons. The SMILES string of the molecule is CCCCCCc1cc(C(=O)C(Cl)(Cl)Cl)c(O)cc1O. The molecule has 0 spiro atoms. The number of ketones is 1. The minimum absolute atomic E-state index is 0.0557. The summed E-state index contributed by atoms with van der Waals surface area (Å²) >= 11 is 16.6. The van der Waals surface area contributed by atoms with Gasteiger partial charge in [-0.3, -0.25) is 4.79 Å². The molecule has 0 amide bonds. The average molecular weight is 340 g/mol. The highest BCUT2D eigenvalue weighted by Gasteiger charge is 2.33. The highest BCUT2D eigenvalue weighted by molar-refractivity contribution is 6.77. The lowest BCUT2D eigenvalue weighted by Gasteiger charge is -2.13. The van der Waals surface area contributed by atoms with Crippen LogP contribution in [0.1, 0.15) is 48.5 Å². The van der Waals surface area contributed by atoms with Crippen molar-refractivity contribution in [3.63, 3.8) is 0 Å². The van der Waals surface area contributed by atoms with Crippen LogP contribution in [0.3, 0.4) is 0 Å². The van der Waals surface area contributed by atoms with Crippen LogP contribution in [0.15, 0.2) is 12.1 Å². The predicted octanol–water partition coefficient (Wildman–Crippen LogP) is 4.77. The topological polar surface area (TPSA) is 57.5 Å². The minimum Gasteiger partial charge on any atom is -0.508 e. The van der Waals surface area contributed by atoms with Crippen molar-refractivity contribution in [3.05, 3.63) is 23.3 Å². The van der Waals surface area contributed by atoms with E-state index in [2.05, 4.69) is 6.92 Å². The predicted molar refractivity (Wildman–Crippen MR) is 82.2 cm³/mol. The second-order valence-corrected chi connectivity index (χ2v) is 6.92. The fraction of sp³-hybridized carbons (Fsp3) is 0.500. The molecule has 1 aromatic carbocycles. The van der Waals surface area contributed by atoms with E-state index in [1.165, 1.54) is 6.07 Å². The first-order valence-corrected chi connectivity index (χ1v) is 7.57. The highest BCUT2D eigenvalue weighted by atomic mass is 35.6. The lowest BCUT2D eigenvalue weighted by molar-refractivity contribution is 0.0993. The van der Waals surface area contributed by atoms with E-state index >= 15 is 0 Å². The molecule has 0 saturated heterocycles. The van der Waals surface area contributed by atoms with Crippen molar-refractivity contribution in [2.45, 2.75) is 42.8 Å². The van der Waals surface area contributed by atoms with Gasteiger partial charge in [-0.05, 0) is 24.5 Å². The molecule has 0 aliphatic heterocycles. The Kier molecular flexibility index (Phi) is 6.44. The molecule has 0 unspecified atom stereocenters. The molecular formula is C14H17Cl3O3. The highest BCUT2D eigenvalue weighted by Crippen LogP contribution is 2.36. The Hall–Kier alpha value is -0.640. The molecule has 0 heterocycles. The summed E-state index contributed by atoms with van der Waals surface area (Å²) in [5.41, 5.74) is 0.477. The summed E-state index contributed by atoms with van der Waals surface area (Å²) < 4.78 is -2.13. The van der Waals surface area contributed by atoms with Crippen molar-refractivity contribution in [1.29, 1.82) is 0 Å². The van der Waals surface area contributed by atoms with E-state index in [4.69, 9.17) is 34.8 Å². The average Bonchev–Trinajstić information content (AvgIpc) is 2.35. The molecule has 1 aromatic rings. The van der Waals surface area contributed by atoms with E-state index in [-0.39, 0.29) is 11.3 Å². The van der Waals surface area contributed by atoms with Crippen LogP contribution in [-0.4, -0.2) is 19.8 Å². The van der Waals surface area contributed by atoms with Gasteiger partial charge in [0.25, 0.3) is 3.79 Å². The molecule has 112 valence electrons. The van der Waals surface area contributed by atoms with Crippen molar-refractivity contribution in [2.24, 2.45) is 0 Å². The number of hydrogen-bond donors (Lipinski definition) is 2. The quantitative estimate of drug-likeness (QED) is 0.446. The maximum Gasteiger partial charge on any atom is 0.253 e. The van der Waals surface area contributed by atoms with Gasteiger partial charge in [0, 0.05) is 6.07 Å². The zero-order valence-corrected chi connectivity index (χ0v) is 13.4. The molecule has 0 bridgehead atoms. The van der Waals surface area contributed by atoms with E-state index in [0.29, 0.717) is 12.0 Å². The number of halogens is 3. The van der Waals surface area contributed by atoms with Crippen LogP contribution in [0.2, 0.25) is 0 Å². The van der Waals surface area contributed by atoms with E-state index in [1.54, 1.807) is 0 Å². The standard InChI is InChI=1S/C14H17Cl3O3/c1-2-3-4-5-6-9-7-10(12(19)8-11(9)18)13(20)14(15,16)17/h7-8,18-19H,2-6H2,1H3. The summed E-state index contributed by atoms with van der Waals surface area (Å²) in [6.45, 7) is 2.11. The fourth-order valence-electron chi connectivity index (χ4n) is 1.90. The number of hydrogen-bond acceptors (Lipinski definition) is 3. The second kappa shape index (κ2) is 7.39. The number of carbonyl (C=O) groups is 1. The maximum absolute atomic E-state index is 11.9. The third kappa shape index (κ3) is 4.72. The number of rotatable bonds is 6. The molecular weight excluding hydrogens is 323 g/mol. The monoisotopic (exact) mass is 338 g/mol. The first-order valence-electron chi connectivity index (χ1n) is 6.43. The van der Waals surface area contributed by atoms with Crippen molar-refractivity contribution in [3.8, 4) is 11.5 Å². The molecule has 1 rings (SSSR count). The third-order valence-corrected chi connectivity index (χ3v) is 3.51. The second-order valence-electron chi connectivity index (χ2n) is 4.64. The molecule has 0 saturated carbocycles. The number of alkyl halides is 3. The van der Waals surface area contributed by atoms with Gasteiger partial charge in [0.05, 0.1) is 5.56 Å². The Balaban J connectivity index is 2.95. The molecule has 6 heteroatoms. The molecule has 2 N–H and O–H groups in total. The Morgan fingerprint density at radius 1 is 1.10 bits per heavy atom. The lowest BCUT2D eigenvalue weighted by atomic mass is 10.0. The Bertz CT molecular complexity index is 481. The summed E-state index contributed by atoms with van der Waals surface area (Å²) in [6.07, 6.45) is 4.74. The number of aromatic hydroxyl groups is 2. The summed E-state index contributed by atoms with van der Waals surface area (Å²) in [4.78, 5) is 11.9. The molecule has 0 fully saturated rings. The Morgan fingerprint density at radius 3 is 2.30 bits per heavy atom. The molecule has 3 nitrogen and oxygen atoms in total. The van der Waals surface area contributed by atoms with Crippen LogP contribution in [0, 0.1) is 0 Å². The van der Waals surface area contributed by atoms with Crippen LogP contribution in [0.4, 0.5) is 0 Å². The van der Waals surface area contributed by atoms with Gasteiger partial charge >= 0.3 is 0 Å². The van der Waals surface area contributed by atoms with Crippen LogP contribution >= 0.6 is 34.8 Å². The first-order chi connectivity index (χ1) is 9.27. The molecule has 0 aromatic heterocycles. The van der Waals surface area contributed by atoms with E-state index in [1.807, 2.05) is 0 Å². The van der Waals surface area contributed by atoms with Gasteiger partial charge < -0.3 is 10.2 Å². The van der Waals surface area contributed by atoms with Gasteiger partial charge in [-0.25, -0.2) is 0 Å². The van der Waals surface area contributed by atoms with Crippen LogP contribution in [0.5, 0.6) is 11.5 Å². The van der Waals surface area contributed by atoms with Gasteiger partial charge in [0.15, 0.2) is 0 Å². The van der Waals surface area contributed by atoms with Gasteiger partial charge in [-0.2, -0.15) is 0 Å². The normalized spacial score (nSPS) is 11.6. The zero-order valence-electron chi connectivity index (χ0n) is 11.1. The van der Waals surface area contributed by atoms with Crippen molar-refractivity contribution < 1.29 is 15.0 Å². The number of benzene rings is 1. The number of carbonyl (C=O) groups excluding carboxylic acids is 1. The smallest absolute Gasteiger partial charge is 0.253 e. The largest absolute Gasteiger partial charge is 0.508 e. The van der Waals surface area contributed by atoms with Crippen molar-refractivity contribution in [2.75, 3.05) is 0 Å². The molecule has 0 atom stereocenters. The zero-order chi connectivity index (χ0) is 15.3. The van der Waals surface area contributed by atoms with E-state index in [9.17, 15) is 15.0 Å². The summed E-state index contributed by atoms with van der Waals surface area (Å²) in [5.74, 6) is -1.26. The van der Waals surface area contributed by atoms with Gasteiger partial charge in [-0.1, -0.05) is 61.0 Å². The van der Waals surface area contributed by atoms with Crippen molar-refractivity contribution >= 4 is 40.6 Å². The number of aryl methyl sites for hydroxylation is 1. The maximum atomic E-state index is 11.9. The van der Waals surface area contributed by atoms with Gasteiger partial charge in [-0.15, -0.1) is 0 Å². The number of phenolic OH excluding ortho intramolecular Hbond substituents is 2. The first kappa shape index (κ1) is 17.4. The van der Waals surface area contributed by atoms with E-state index < -0.39 is 15.3 Å². The van der Waals surface area contributed by atoms with Crippen LogP contribution < -0.4 is 0 Å². The lowest BCUT2D eigenvalue weighted by Crippen LogP contribution is -2.19. The summed E-state index contributed by atoms with van der Waals surface area (Å²) in [6, 6.07) is 2.50. The Labute approximate surface area is 133 Å². The minimum atomic E-state index is -2.13. The van der Waals surface area contributed by atoms with Crippen LogP contribution in [0.25, 0.3) is 0 Å². The Morgan fingerprint density at radius 2 is 1.75 bits per heavy atom. The third-order valence-electron chi connectivity index (χ3n) is 3.00. The van der Waals surface area contributed by atoms with E-state index in [0.717, 1.165) is 31.7 Å².